The molecule has 7 nitrogen and oxygen atoms in total. The standard InChI is InChI=1S/C20H22N4O3/c1-14-18(26-2)9-16(10-19(14)27-3)20(25)23-17(11-24-13-21-12-22-24)15-7-5-4-6-8-15/h4-10,12-13,17H,11H2,1-3H3,(H,23,25)/t17-/m0/s1. The summed E-state index contributed by atoms with van der Waals surface area (Å²) in [5, 5.41) is 7.21. The number of carbonyl (C=O) groups excluding carboxylic acids is 1. The Labute approximate surface area is 158 Å². The maximum absolute atomic E-state index is 12.9. The van der Waals surface area contributed by atoms with Gasteiger partial charge >= 0.3 is 0 Å². The first-order valence-electron chi connectivity index (χ1n) is 8.53. The molecule has 1 amide bonds. The molecular weight excluding hydrogens is 344 g/mol. The number of nitrogens with one attached hydrogen (secondary N) is 1. The second kappa shape index (κ2) is 8.35. The highest BCUT2D eigenvalue weighted by Crippen LogP contribution is 2.29. The van der Waals surface area contributed by atoms with Gasteiger partial charge < -0.3 is 14.8 Å². The number of nitrogens with zero attached hydrogens (tertiary/aromatic N) is 3. The Balaban J connectivity index is 1.88. The predicted octanol–water partition coefficient (Wildman–Crippen LogP) is 2.78. The highest BCUT2D eigenvalue weighted by molar-refractivity contribution is 5.95. The Bertz CT molecular complexity index is 870. The third kappa shape index (κ3) is 4.25. The lowest BCUT2D eigenvalue weighted by atomic mass is 10.1. The van der Waals surface area contributed by atoms with Crippen LogP contribution < -0.4 is 14.8 Å². The number of aromatic nitrogens is 3. The van der Waals surface area contributed by atoms with Gasteiger partial charge in [0, 0.05) is 11.1 Å². The molecule has 0 radical (unpaired) electrons. The molecule has 0 saturated carbocycles. The van der Waals surface area contributed by atoms with Gasteiger partial charge in [0.05, 0.1) is 26.8 Å². The fraction of sp³-hybridized carbons (Fsp3) is 0.250. The molecule has 3 rings (SSSR count). The molecule has 0 aliphatic heterocycles. The monoisotopic (exact) mass is 366 g/mol. The van der Waals surface area contributed by atoms with Crippen molar-refractivity contribution in [3.05, 3.63) is 71.8 Å². The van der Waals surface area contributed by atoms with Crippen LogP contribution in [0.25, 0.3) is 0 Å². The molecule has 0 aliphatic rings. The minimum Gasteiger partial charge on any atom is -0.496 e. The lowest BCUT2D eigenvalue weighted by Crippen LogP contribution is -2.31. The molecule has 1 heterocycles. The van der Waals surface area contributed by atoms with Crippen molar-refractivity contribution in [3.8, 4) is 11.5 Å². The van der Waals surface area contributed by atoms with E-state index in [4.69, 9.17) is 9.47 Å². The second-order valence-electron chi connectivity index (χ2n) is 6.06. The minimum atomic E-state index is -0.265. The predicted molar refractivity (Wildman–Crippen MR) is 101 cm³/mol. The van der Waals surface area contributed by atoms with E-state index in [2.05, 4.69) is 15.4 Å². The van der Waals surface area contributed by atoms with Crippen molar-refractivity contribution in [2.45, 2.75) is 19.5 Å². The van der Waals surface area contributed by atoms with Gasteiger partial charge in [-0.3, -0.25) is 9.48 Å². The van der Waals surface area contributed by atoms with Gasteiger partial charge in [-0.05, 0) is 24.6 Å². The largest absolute Gasteiger partial charge is 0.496 e. The molecule has 2 aromatic carbocycles. The van der Waals surface area contributed by atoms with Gasteiger partial charge in [0.1, 0.15) is 24.2 Å². The van der Waals surface area contributed by atoms with E-state index in [0.29, 0.717) is 23.6 Å². The van der Waals surface area contributed by atoms with E-state index >= 15 is 0 Å². The van der Waals surface area contributed by atoms with Gasteiger partial charge in [-0.15, -0.1) is 0 Å². The zero-order chi connectivity index (χ0) is 19.2. The Morgan fingerprint density at radius 1 is 1.15 bits per heavy atom. The van der Waals surface area contributed by atoms with Crippen LogP contribution in [0.15, 0.2) is 55.1 Å². The van der Waals surface area contributed by atoms with Crippen molar-refractivity contribution in [2.75, 3.05) is 14.2 Å². The quantitative estimate of drug-likeness (QED) is 0.696. The van der Waals surface area contributed by atoms with Crippen molar-refractivity contribution in [2.24, 2.45) is 0 Å². The third-order valence-electron chi connectivity index (χ3n) is 4.36. The first kappa shape index (κ1) is 18.4. The van der Waals surface area contributed by atoms with Crippen molar-refractivity contribution in [3.63, 3.8) is 0 Å². The van der Waals surface area contributed by atoms with Crippen molar-refractivity contribution in [1.29, 1.82) is 0 Å². The molecule has 27 heavy (non-hydrogen) atoms. The van der Waals surface area contributed by atoms with Crippen LogP contribution in [0.2, 0.25) is 0 Å². The minimum absolute atomic E-state index is 0.222. The Hall–Kier alpha value is -3.35. The highest BCUT2D eigenvalue weighted by Gasteiger charge is 2.19. The molecule has 0 bridgehead atoms. The zero-order valence-electron chi connectivity index (χ0n) is 15.5. The Kier molecular flexibility index (Phi) is 5.71. The fourth-order valence-electron chi connectivity index (χ4n) is 2.89. The molecule has 1 N–H and O–H groups in total. The van der Waals surface area contributed by atoms with E-state index in [1.165, 1.54) is 6.33 Å². The number of rotatable bonds is 7. The molecule has 1 atom stereocenters. The molecule has 7 heteroatoms. The highest BCUT2D eigenvalue weighted by atomic mass is 16.5. The van der Waals surface area contributed by atoms with Crippen molar-refractivity contribution >= 4 is 5.91 Å². The molecule has 1 aromatic heterocycles. The zero-order valence-corrected chi connectivity index (χ0v) is 15.5. The molecule has 0 saturated heterocycles. The van der Waals surface area contributed by atoms with Gasteiger partial charge in [0.25, 0.3) is 5.91 Å². The van der Waals surface area contributed by atoms with Crippen molar-refractivity contribution in [1.82, 2.24) is 20.1 Å². The second-order valence-corrected chi connectivity index (χ2v) is 6.06. The summed E-state index contributed by atoms with van der Waals surface area (Å²) in [6, 6.07) is 12.9. The molecule has 0 aliphatic carbocycles. The average Bonchev–Trinajstić information content (AvgIpc) is 3.21. The molecule has 0 fully saturated rings. The smallest absolute Gasteiger partial charge is 0.252 e. The van der Waals surface area contributed by atoms with E-state index in [1.807, 2.05) is 37.3 Å². The number of methoxy groups -OCH3 is 2. The maximum atomic E-state index is 12.9. The van der Waals surface area contributed by atoms with E-state index in [0.717, 1.165) is 11.1 Å². The van der Waals surface area contributed by atoms with Crippen LogP contribution in [-0.2, 0) is 6.54 Å². The van der Waals surface area contributed by atoms with Crippen LogP contribution >= 0.6 is 0 Å². The Morgan fingerprint density at radius 3 is 2.37 bits per heavy atom. The summed E-state index contributed by atoms with van der Waals surface area (Å²) in [6.45, 7) is 2.35. The SMILES string of the molecule is COc1cc(C(=O)N[C@@H](Cn2cncn2)c2ccccc2)cc(OC)c1C. The summed E-state index contributed by atoms with van der Waals surface area (Å²) in [4.78, 5) is 16.9. The van der Waals surface area contributed by atoms with Crippen LogP contribution in [0.1, 0.15) is 27.5 Å². The van der Waals surface area contributed by atoms with Crippen LogP contribution in [0.4, 0.5) is 0 Å². The van der Waals surface area contributed by atoms with Gasteiger partial charge in [0.15, 0.2) is 0 Å². The van der Waals surface area contributed by atoms with E-state index in [9.17, 15) is 4.79 Å². The first-order valence-corrected chi connectivity index (χ1v) is 8.53. The lowest BCUT2D eigenvalue weighted by Gasteiger charge is -2.20. The van der Waals surface area contributed by atoms with Crippen LogP contribution in [0.3, 0.4) is 0 Å². The van der Waals surface area contributed by atoms with Gasteiger partial charge in [-0.25, -0.2) is 4.98 Å². The van der Waals surface area contributed by atoms with Crippen molar-refractivity contribution < 1.29 is 14.3 Å². The summed E-state index contributed by atoms with van der Waals surface area (Å²) < 4.78 is 12.4. The summed E-state index contributed by atoms with van der Waals surface area (Å²) in [6.07, 6.45) is 3.10. The molecule has 3 aromatic rings. The van der Waals surface area contributed by atoms with E-state index in [-0.39, 0.29) is 11.9 Å². The van der Waals surface area contributed by atoms with E-state index < -0.39 is 0 Å². The number of carbonyl (C=O) groups is 1. The van der Waals surface area contributed by atoms with Gasteiger partial charge in [-0.1, -0.05) is 30.3 Å². The Morgan fingerprint density at radius 2 is 1.81 bits per heavy atom. The molecular formula is C20H22N4O3. The van der Waals surface area contributed by atoms with Gasteiger partial charge in [-0.2, -0.15) is 5.10 Å². The number of amides is 1. The first-order chi connectivity index (χ1) is 13.1. The lowest BCUT2D eigenvalue weighted by molar-refractivity contribution is 0.0931. The van der Waals surface area contributed by atoms with E-state index in [1.54, 1.807) is 37.4 Å². The maximum Gasteiger partial charge on any atom is 0.252 e. The van der Waals surface area contributed by atoms with Gasteiger partial charge in [0.2, 0.25) is 0 Å². The number of hydrogen-bond acceptors (Lipinski definition) is 5. The number of hydrogen-bond donors (Lipinski definition) is 1. The van der Waals surface area contributed by atoms with Crippen LogP contribution in [0, 0.1) is 6.92 Å². The summed E-state index contributed by atoms with van der Waals surface area (Å²) in [5.74, 6) is 0.986. The number of benzene rings is 2. The fourth-order valence-corrected chi connectivity index (χ4v) is 2.89. The third-order valence-corrected chi connectivity index (χ3v) is 4.36. The normalized spacial score (nSPS) is 11.7. The van der Waals surface area contributed by atoms with Crippen LogP contribution in [0.5, 0.6) is 11.5 Å². The summed E-state index contributed by atoms with van der Waals surface area (Å²) >= 11 is 0. The number of ether oxygens (including phenoxy) is 2. The summed E-state index contributed by atoms with van der Waals surface area (Å²) in [7, 11) is 3.14. The van der Waals surface area contributed by atoms with Crippen LogP contribution in [-0.4, -0.2) is 34.9 Å². The average molecular weight is 366 g/mol. The molecule has 0 spiro atoms. The molecule has 140 valence electrons. The molecule has 0 unspecified atom stereocenters. The summed E-state index contributed by atoms with van der Waals surface area (Å²) in [5.41, 5.74) is 2.29. The topological polar surface area (TPSA) is 78.3 Å².